The molecule has 0 fully saturated rings. The highest BCUT2D eigenvalue weighted by molar-refractivity contribution is 7.06. The van der Waals surface area contributed by atoms with Gasteiger partial charge < -0.3 is 34.0 Å². The highest BCUT2D eigenvalue weighted by atomic mass is 16.5. The summed E-state index contributed by atoms with van der Waals surface area (Å²) in [6.45, 7) is 6.14. The molecule has 11 heteroatoms. The zero-order valence-electron chi connectivity index (χ0n) is 50.8. The molecule has 0 amide bonds. The molecule has 8 aliphatic rings. The Morgan fingerprint density at radius 3 is 0.989 bits per heavy atom. The van der Waals surface area contributed by atoms with Crippen LogP contribution in [0.4, 0.5) is 85.3 Å². The standard InChI is InChI=1S/C81H53B4N5O2/c1-48-36-37-66-58(38-48)85-60-44-62-74(92-76-42-50(3)40-70-78(76)84(62)56-31-17-20-34-64(56)87(70)52-24-10-5-11-25-52)47-68(60)89(54-28-14-7-15-29-54)72-45-71-79-81(80(72)85)90(66)65-35-21-18-32-57(65)82(79)59-43-61-73(46-67(59)88(71)53-26-12-6-13-27-53)91-75-41-49(2)39-69-77(75)83(61)55-30-16-19-33-63(55)86(69)51-22-8-4-9-23-51/h4-47H,1-3H3. The summed E-state index contributed by atoms with van der Waals surface area (Å²) in [5.41, 5.74) is 35.7. The van der Waals surface area contributed by atoms with Crippen molar-refractivity contribution in [3.05, 3.63) is 284 Å². The topological polar surface area (TPSA) is 34.7 Å². The first-order valence-electron chi connectivity index (χ1n) is 32.2. The average molecular weight is 1170 g/mol. The van der Waals surface area contributed by atoms with Gasteiger partial charge in [-0.25, -0.2) is 0 Å². The lowest BCUT2D eigenvalue weighted by Crippen LogP contribution is -2.69. The average Bonchev–Trinajstić information content (AvgIpc) is 0.669. The fourth-order valence-corrected chi connectivity index (χ4v) is 17.5. The summed E-state index contributed by atoms with van der Waals surface area (Å²) in [5, 5.41) is 0. The van der Waals surface area contributed by atoms with Gasteiger partial charge in [-0.1, -0.05) is 157 Å². The van der Waals surface area contributed by atoms with Gasteiger partial charge in [0.1, 0.15) is 23.0 Å². The summed E-state index contributed by atoms with van der Waals surface area (Å²) < 4.78 is 15.0. The molecule has 0 aliphatic carbocycles. The zero-order chi connectivity index (χ0) is 60.4. The zero-order valence-corrected chi connectivity index (χ0v) is 50.8. The van der Waals surface area contributed by atoms with E-state index in [1.165, 1.54) is 99.6 Å². The summed E-state index contributed by atoms with van der Waals surface area (Å²) in [6, 6.07) is 100.0. The fraction of sp³-hybridized carbons (Fsp3) is 0.0370. The van der Waals surface area contributed by atoms with E-state index in [2.05, 4.69) is 312 Å². The molecule has 7 nitrogen and oxygen atoms in total. The number of fused-ring (bicyclic) bond motifs is 18. The van der Waals surface area contributed by atoms with E-state index in [-0.39, 0.29) is 26.9 Å². The van der Waals surface area contributed by atoms with Crippen LogP contribution in [0.3, 0.4) is 0 Å². The Hall–Kier alpha value is -11.3. The first-order valence-corrected chi connectivity index (χ1v) is 32.2. The molecule has 92 heavy (non-hydrogen) atoms. The van der Waals surface area contributed by atoms with Crippen LogP contribution in [0.15, 0.2) is 267 Å². The van der Waals surface area contributed by atoms with Gasteiger partial charge in [0, 0.05) is 97.4 Å². The van der Waals surface area contributed by atoms with Crippen LogP contribution in [0, 0.1) is 20.8 Å². The number of rotatable bonds is 4. The number of benzene rings is 13. The summed E-state index contributed by atoms with van der Waals surface area (Å²) in [5.74, 6) is 3.55. The van der Waals surface area contributed by atoms with Crippen LogP contribution < -0.4 is 99.5 Å². The molecular weight excluding hydrogens is 1120 g/mol. The Labute approximate surface area is 535 Å². The van der Waals surface area contributed by atoms with E-state index < -0.39 is 0 Å². The van der Waals surface area contributed by atoms with Crippen molar-refractivity contribution < 1.29 is 9.47 Å². The molecule has 21 rings (SSSR count). The van der Waals surface area contributed by atoms with E-state index in [0.717, 1.165) is 91.0 Å². The van der Waals surface area contributed by atoms with Crippen LogP contribution in [0.5, 0.6) is 23.0 Å². The lowest BCUT2D eigenvalue weighted by atomic mass is 9.27. The quantitative estimate of drug-likeness (QED) is 0.162. The molecule has 0 saturated carbocycles. The lowest BCUT2D eigenvalue weighted by molar-refractivity contribution is 0.487. The van der Waals surface area contributed by atoms with Gasteiger partial charge in [-0.2, -0.15) is 0 Å². The molecule has 13 aromatic carbocycles. The molecule has 0 bridgehead atoms. The Balaban J connectivity index is 0.847. The van der Waals surface area contributed by atoms with Gasteiger partial charge in [0.2, 0.25) is 0 Å². The minimum atomic E-state index is -0.158. The molecule has 0 spiro atoms. The highest BCUT2D eigenvalue weighted by Crippen LogP contribution is 2.52. The van der Waals surface area contributed by atoms with Crippen LogP contribution in [-0.4, -0.2) is 26.9 Å². The Morgan fingerprint density at radius 2 is 0.554 bits per heavy atom. The van der Waals surface area contributed by atoms with Gasteiger partial charge in [0.05, 0.1) is 0 Å². The van der Waals surface area contributed by atoms with Crippen molar-refractivity contribution in [3.63, 3.8) is 0 Å². The molecule has 426 valence electrons. The monoisotopic (exact) mass is 1170 g/mol. The largest absolute Gasteiger partial charge is 0.458 e. The molecular formula is C81H53B4N5O2. The molecule has 13 aromatic rings. The first kappa shape index (κ1) is 50.6. The molecule has 0 N–H and O–H groups in total. The second kappa shape index (κ2) is 18.4. The van der Waals surface area contributed by atoms with E-state index in [9.17, 15) is 0 Å². The second-order valence-corrected chi connectivity index (χ2v) is 26.1. The predicted octanol–water partition coefficient (Wildman–Crippen LogP) is 12.1. The summed E-state index contributed by atoms with van der Waals surface area (Å²) in [7, 11) is 0. The van der Waals surface area contributed by atoms with E-state index >= 15 is 0 Å². The molecule has 0 aromatic heterocycles. The number of para-hydroxylation sites is 7. The van der Waals surface area contributed by atoms with Crippen molar-refractivity contribution in [1.82, 2.24) is 0 Å². The molecule has 0 saturated heterocycles. The van der Waals surface area contributed by atoms with Gasteiger partial charge in [-0.15, -0.1) is 0 Å². The van der Waals surface area contributed by atoms with Crippen molar-refractivity contribution >= 4 is 178 Å². The van der Waals surface area contributed by atoms with Gasteiger partial charge in [0.15, 0.2) is 0 Å². The van der Waals surface area contributed by atoms with Crippen molar-refractivity contribution in [3.8, 4) is 23.0 Å². The molecule has 8 aliphatic heterocycles. The maximum absolute atomic E-state index is 7.48. The van der Waals surface area contributed by atoms with Gasteiger partial charge >= 0.3 is 0 Å². The number of aryl methyl sites for hydroxylation is 3. The summed E-state index contributed by atoms with van der Waals surface area (Å²) in [4.78, 5) is 12.7. The van der Waals surface area contributed by atoms with E-state index in [1.54, 1.807) is 0 Å². The van der Waals surface area contributed by atoms with Crippen molar-refractivity contribution in [1.29, 1.82) is 0 Å². The minimum absolute atomic E-state index is 0.0930. The Kier molecular flexibility index (Phi) is 10.1. The maximum Gasteiger partial charge on any atom is 0.256 e. The smallest absolute Gasteiger partial charge is 0.256 e. The van der Waals surface area contributed by atoms with Crippen LogP contribution in [0.2, 0.25) is 0 Å². The first-order chi connectivity index (χ1) is 45.4. The number of hydrogen-bond donors (Lipinski definition) is 0. The van der Waals surface area contributed by atoms with Gasteiger partial charge in [0.25, 0.3) is 26.9 Å². The third kappa shape index (κ3) is 6.68. The van der Waals surface area contributed by atoms with Crippen LogP contribution in [0.1, 0.15) is 16.7 Å². The second-order valence-electron chi connectivity index (χ2n) is 26.1. The molecule has 0 unspecified atom stereocenters. The Bertz CT molecular complexity index is 5420. The third-order valence-corrected chi connectivity index (χ3v) is 20.9. The SMILES string of the molecule is Cc1ccc2c(c1)B1c3cc4c(cc3N(c3ccccc3)c3cc5c6c(c31)N2c1ccccc1B6c1cc2c(cc1N5c1ccccc1)Oc1cc(C)cc3c1B2c1ccccc1N3c1ccccc1)Oc1cc(C)cc2c1B4c1ccccc1N2c1ccccc1. The number of ether oxygens (including phenoxy) is 2. The molecule has 0 atom stereocenters. The van der Waals surface area contributed by atoms with Crippen molar-refractivity contribution in [2.75, 3.05) is 24.5 Å². The molecule has 8 heterocycles. The summed E-state index contributed by atoms with van der Waals surface area (Å²) >= 11 is 0. The van der Waals surface area contributed by atoms with E-state index in [4.69, 9.17) is 9.47 Å². The van der Waals surface area contributed by atoms with Crippen LogP contribution in [-0.2, 0) is 0 Å². The highest BCUT2D eigenvalue weighted by Gasteiger charge is 2.54. The Morgan fingerprint density at radius 1 is 0.217 bits per heavy atom. The normalized spacial score (nSPS) is 14.4. The number of hydrogen-bond acceptors (Lipinski definition) is 7. The summed E-state index contributed by atoms with van der Waals surface area (Å²) in [6.07, 6.45) is 0. The predicted molar refractivity (Wildman–Crippen MR) is 386 cm³/mol. The maximum atomic E-state index is 7.48. The van der Waals surface area contributed by atoms with E-state index in [1.807, 2.05) is 0 Å². The number of nitrogens with zero attached hydrogens (tertiary/aromatic N) is 5. The van der Waals surface area contributed by atoms with E-state index in [0.29, 0.717) is 0 Å². The van der Waals surface area contributed by atoms with Crippen LogP contribution >= 0.6 is 0 Å². The fourth-order valence-electron chi connectivity index (χ4n) is 17.5. The van der Waals surface area contributed by atoms with Crippen molar-refractivity contribution in [2.24, 2.45) is 0 Å². The number of anilines is 15. The van der Waals surface area contributed by atoms with Crippen molar-refractivity contribution in [2.45, 2.75) is 20.8 Å². The van der Waals surface area contributed by atoms with Gasteiger partial charge in [-0.05, 0) is 201 Å². The molecule has 0 radical (unpaired) electrons. The minimum Gasteiger partial charge on any atom is -0.458 e. The lowest BCUT2D eigenvalue weighted by Gasteiger charge is -2.51. The van der Waals surface area contributed by atoms with Crippen LogP contribution in [0.25, 0.3) is 0 Å². The van der Waals surface area contributed by atoms with Gasteiger partial charge in [-0.3, -0.25) is 0 Å². The third-order valence-electron chi connectivity index (χ3n) is 20.9.